The average Bonchev–Trinajstić information content (AvgIpc) is 2.33. The molecule has 0 spiro atoms. The Morgan fingerprint density at radius 3 is 2.76 bits per heavy atom. The number of aryl methyl sites for hydroxylation is 1. The lowest BCUT2D eigenvalue weighted by molar-refractivity contribution is 0.301. The molecule has 1 aromatic heterocycles. The van der Waals surface area contributed by atoms with Crippen LogP contribution >= 0.6 is 27.5 Å². The Labute approximate surface area is 114 Å². The molecule has 88 valence electrons. The number of benzene rings is 1. The van der Waals surface area contributed by atoms with E-state index in [9.17, 15) is 0 Å². The summed E-state index contributed by atoms with van der Waals surface area (Å²) in [6.45, 7) is 2.40. The van der Waals surface area contributed by atoms with Gasteiger partial charge in [0.1, 0.15) is 12.4 Å². The Kier molecular flexibility index (Phi) is 4.02. The third-order valence-electron chi connectivity index (χ3n) is 2.30. The van der Waals surface area contributed by atoms with E-state index in [-0.39, 0.29) is 0 Å². The lowest BCUT2D eigenvalue weighted by atomic mass is 10.2. The van der Waals surface area contributed by atoms with Gasteiger partial charge in [-0.15, -0.1) is 0 Å². The van der Waals surface area contributed by atoms with E-state index in [4.69, 9.17) is 16.3 Å². The Bertz CT molecular complexity index is 513. The first-order valence-corrected chi connectivity index (χ1v) is 6.31. The van der Waals surface area contributed by atoms with Crippen molar-refractivity contribution in [1.82, 2.24) is 4.98 Å². The third kappa shape index (κ3) is 3.45. The molecule has 0 bridgehead atoms. The standard InChI is InChI=1S/C13H11BrClNO/c1-9-6-12(4-5-13(9)15)17-8-11-3-2-10(14)7-16-11/h2-7H,8H2,1H3. The minimum atomic E-state index is 0.453. The fourth-order valence-corrected chi connectivity index (χ4v) is 1.71. The molecule has 1 heterocycles. The van der Waals surface area contributed by atoms with Gasteiger partial charge in [0.15, 0.2) is 0 Å². The van der Waals surface area contributed by atoms with E-state index >= 15 is 0 Å². The van der Waals surface area contributed by atoms with Crippen LogP contribution in [0.4, 0.5) is 0 Å². The molecule has 2 nitrogen and oxygen atoms in total. The maximum atomic E-state index is 5.94. The van der Waals surface area contributed by atoms with E-state index < -0.39 is 0 Å². The van der Waals surface area contributed by atoms with Gasteiger partial charge >= 0.3 is 0 Å². The number of pyridine rings is 1. The van der Waals surface area contributed by atoms with E-state index in [1.54, 1.807) is 6.20 Å². The molecule has 0 aliphatic heterocycles. The summed E-state index contributed by atoms with van der Waals surface area (Å²) in [4.78, 5) is 4.24. The van der Waals surface area contributed by atoms with Crippen LogP contribution in [0.1, 0.15) is 11.3 Å². The average molecular weight is 313 g/mol. The monoisotopic (exact) mass is 311 g/mol. The van der Waals surface area contributed by atoms with Crippen molar-refractivity contribution in [3.8, 4) is 5.75 Å². The molecule has 0 N–H and O–H groups in total. The van der Waals surface area contributed by atoms with Gasteiger partial charge in [-0.1, -0.05) is 11.6 Å². The number of ether oxygens (including phenoxy) is 1. The van der Waals surface area contributed by atoms with Crippen LogP contribution in [-0.2, 0) is 6.61 Å². The summed E-state index contributed by atoms with van der Waals surface area (Å²) in [5.41, 5.74) is 1.90. The van der Waals surface area contributed by atoms with Gasteiger partial charge in [-0.2, -0.15) is 0 Å². The lowest BCUT2D eigenvalue weighted by Gasteiger charge is -2.07. The molecule has 0 saturated heterocycles. The normalized spacial score (nSPS) is 10.3. The second-order valence-corrected chi connectivity index (χ2v) is 4.99. The number of hydrogen-bond donors (Lipinski definition) is 0. The predicted molar refractivity (Wildman–Crippen MR) is 72.5 cm³/mol. The molecule has 0 saturated carbocycles. The fourth-order valence-electron chi connectivity index (χ4n) is 1.36. The number of hydrogen-bond acceptors (Lipinski definition) is 2. The maximum absolute atomic E-state index is 5.94. The molecule has 0 aliphatic carbocycles. The molecule has 0 atom stereocenters. The minimum Gasteiger partial charge on any atom is -0.487 e. The van der Waals surface area contributed by atoms with Crippen LogP contribution in [0.3, 0.4) is 0 Å². The van der Waals surface area contributed by atoms with Gasteiger partial charge in [0, 0.05) is 15.7 Å². The Hall–Kier alpha value is -1.06. The van der Waals surface area contributed by atoms with Crippen molar-refractivity contribution in [2.75, 3.05) is 0 Å². The highest BCUT2D eigenvalue weighted by Crippen LogP contribution is 2.21. The van der Waals surface area contributed by atoms with Crippen LogP contribution in [0.15, 0.2) is 41.0 Å². The summed E-state index contributed by atoms with van der Waals surface area (Å²) in [5.74, 6) is 0.802. The van der Waals surface area contributed by atoms with Crippen molar-refractivity contribution < 1.29 is 4.74 Å². The van der Waals surface area contributed by atoms with Crippen molar-refractivity contribution in [2.45, 2.75) is 13.5 Å². The highest BCUT2D eigenvalue weighted by atomic mass is 79.9. The molecule has 4 heteroatoms. The number of halogens is 2. The van der Waals surface area contributed by atoms with Crippen LogP contribution < -0.4 is 4.74 Å². The van der Waals surface area contributed by atoms with Crippen LogP contribution in [0.25, 0.3) is 0 Å². The van der Waals surface area contributed by atoms with E-state index in [1.807, 2.05) is 37.3 Å². The Morgan fingerprint density at radius 1 is 1.29 bits per heavy atom. The van der Waals surface area contributed by atoms with Crippen molar-refractivity contribution in [2.24, 2.45) is 0 Å². The summed E-state index contributed by atoms with van der Waals surface area (Å²) < 4.78 is 6.59. The molecular weight excluding hydrogens is 302 g/mol. The van der Waals surface area contributed by atoms with Gasteiger partial charge in [-0.05, 0) is 58.7 Å². The summed E-state index contributed by atoms with van der Waals surface area (Å²) >= 11 is 9.28. The van der Waals surface area contributed by atoms with Gasteiger partial charge in [0.25, 0.3) is 0 Å². The first kappa shape index (κ1) is 12.4. The topological polar surface area (TPSA) is 22.1 Å². The van der Waals surface area contributed by atoms with Crippen LogP contribution in [0.2, 0.25) is 5.02 Å². The Balaban J connectivity index is 2.02. The highest BCUT2D eigenvalue weighted by molar-refractivity contribution is 9.10. The van der Waals surface area contributed by atoms with Gasteiger partial charge in [-0.25, -0.2) is 0 Å². The number of nitrogens with zero attached hydrogens (tertiary/aromatic N) is 1. The lowest BCUT2D eigenvalue weighted by Crippen LogP contribution is -1.97. The highest BCUT2D eigenvalue weighted by Gasteiger charge is 2.00. The molecule has 0 aliphatic rings. The minimum absolute atomic E-state index is 0.453. The van der Waals surface area contributed by atoms with Crippen LogP contribution in [0, 0.1) is 6.92 Å². The first-order valence-electron chi connectivity index (χ1n) is 5.14. The van der Waals surface area contributed by atoms with Gasteiger partial charge in [0.2, 0.25) is 0 Å². The third-order valence-corrected chi connectivity index (χ3v) is 3.20. The van der Waals surface area contributed by atoms with Crippen LogP contribution in [0.5, 0.6) is 5.75 Å². The number of rotatable bonds is 3. The summed E-state index contributed by atoms with van der Waals surface area (Å²) in [5, 5.41) is 0.749. The maximum Gasteiger partial charge on any atom is 0.130 e. The summed E-state index contributed by atoms with van der Waals surface area (Å²) in [6.07, 6.45) is 1.76. The van der Waals surface area contributed by atoms with Crippen molar-refractivity contribution >= 4 is 27.5 Å². The molecule has 0 unspecified atom stereocenters. The van der Waals surface area contributed by atoms with Gasteiger partial charge < -0.3 is 4.74 Å². The zero-order chi connectivity index (χ0) is 12.3. The van der Waals surface area contributed by atoms with Crippen molar-refractivity contribution in [3.05, 3.63) is 57.3 Å². The van der Waals surface area contributed by atoms with E-state index in [0.29, 0.717) is 6.61 Å². The molecule has 0 radical (unpaired) electrons. The smallest absolute Gasteiger partial charge is 0.130 e. The largest absolute Gasteiger partial charge is 0.487 e. The van der Waals surface area contributed by atoms with E-state index in [1.165, 1.54) is 0 Å². The molecule has 0 amide bonds. The van der Waals surface area contributed by atoms with Gasteiger partial charge in [-0.3, -0.25) is 4.98 Å². The SMILES string of the molecule is Cc1cc(OCc2ccc(Br)cn2)ccc1Cl. The summed E-state index contributed by atoms with van der Waals surface area (Å²) in [7, 11) is 0. The van der Waals surface area contributed by atoms with Crippen LogP contribution in [-0.4, -0.2) is 4.98 Å². The molecular formula is C13H11BrClNO. The zero-order valence-corrected chi connectivity index (χ0v) is 11.6. The molecule has 17 heavy (non-hydrogen) atoms. The zero-order valence-electron chi connectivity index (χ0n) is 9.28. The fraction of sp³-hybridized carbons (Fsp3) is 0.154. The molecule has 2 aromatic rings. The van der Waals surface area contributed by atoms with E-state index in [2.05, 4.69) is 20.9 Å². The quantitative estimate of drug-likeness (QED) is 0.839. The Morgan fingerprint density at radius 2 is 2.12 bits per heavy atom. The van der Waals surface area contributed by atoms with E-state index in [0.717, 1.165) is 26.5 Å². The second kappa shape index (κ2) is 5.52. The van der Waals surface area contributed by atoms with Crippen molar-refractivity contribution in [1.29, 1.82) is 0 Å². The molecule has 0 fully saturated rings. The molecule has 2 rings (SSSR count). The van der Waals surface area contributed by atoms with Crippen molar-refractivity contribution in [3.63, 3.8) is 0 Å². The first-order chi connectivity index (χ1) is 8.15. The molecule has 1 aromatic carbocycles. The summed E-state index contributed by atoms with van der Waals surface area (Å²) in [6, 6.07) is 9.47. The number of aromatic nitrogens is 1. The second-order valence-electron chi connectivity index (χ2n) is 3.67. The van der Waals surface area contributed by atoms with Gasteiger partial charge in [0.05, 0.1) is 5.69 Å². The predicted octanol–water partition coefficient (Wildman–Crippen LogP) is 4.38.